The lowest BCUT2D eigenvalue weighted by Gasteiger charge is -2.21. The monoisotopic (exact) mass is 416 g/mol. The Morgan fingerprint density at radius 1 is 0.862 bits per heavy atom. The van der Waals surface area contributed by atoms with E-state index in [1.807, 2.05) is 0 Å². The third-order valence-electron chi connectivity index (χ3n) is 4.10. The standard InChI is InChI=1S/C17H32N6O6/c1-9(22-16(27)11(19)6-7-13(20)24)14(25)21-10(2)15(26)23-12(17(28)29)5-3-4-8-18/h9-12H,3-8,18-19H2,1-2H3,(H2,20,24)(H,21,25)(H,22,27)(H,23,26)(H,28,29). The van der Waals surface area contributed by atoms with Crippen LogP contribution >= 0.6 is 0 Å². The number of nitrogens with one attached hydrogen (secondary N) is 3. The van der Waals surface area contributed by atoms with E-state index in [2.05, 4.69) is 16.0 Å². The third kappa shape index (κ3) is 11.0. The lowest BCUT2D eigenvalue weighted by molar-refractivity contribution is -0.142. The molecular weight excluding hydrogens is 384 g/mol. The SMILES string of the molecule is CC(NC(=O)C(N)CCC(N)=O)C(=O)NC(C)C(=O)NC(CCCCN)C(=O)O. The highest BCUT2D eigenvalue weighted by Crippen LogP contribution is 2.02. The van der Waals surface area contributed by atoms with E-state index >= 15 is 0 Å². The fourth-order valence-corrected chi connectivity index (χ4v) is 2.27. The molecule has 0 aromatic heterocycles. The first-order valence-electron chi connectivity index (χ1n) is 9.37. The molecule has 29 heavy (non-hydrogen) atoms. The Balaban J connectivity index is 4.57. The number of hydrogen-bond acceptors (Lipinski definition) is 7. The van der Waals surface area contributed by atoms with E-state index in [1.54, 1.807) is 0 Å². The van der Waals surface area contributed by atoms with Gasteiger partial charge in [-0.25, -0.2) is 4.79 Å². The van der Waals surface area contributed by atoms with Crippen molar-refractivity contribution in [2.24, 2.45) is 17.2 Å². The van der Waals surface area contributed by atoms with Gasteiger partial charge in [0.05, 0.1) is 6.04 Å². The molecule has 0 rings (SSSR count). The normalized spacial score (nSPS) is 14.8. The summed E-state index contributed by atoms with van der Waals surface area (Å²) in [4.78, 5) is 58.2. The van der Waals surface area contributed by atoms with E-state index in [0.29, 0.717) is 19.4 Å². The van der Waals surface area contributed by atoms with Crippen molar-refractivity contribution in [1.29, 1.82) is 0 Å². The zero-order chi connectivity index (χ0) is 22.6. The van der Waals surface area contributed by atoms with Crippen LogP contribution < -0.4 is 33.2 Å². The summed E-state index contributed by atoms with van der Waals surface area (Å²) in [7, 11) is 0. The second kappa shape index (κ2) is 13.4. The highest BCUT2D eigenvalue weighted by Gasteiger charge is 2.26. The smallest absolute Gasteiger partial charge is 0.326 e. The van der Waals surface area contributed by atoms with Crippen LogP contribution in [0.1, 0.15) is 46.0 Å². The highest BCUT2D eigenvalue weighted by molar-refractivity contribution is 5.93. The number of hydrogen-bond donors (Lipinski definition) is 7. The first-order chi connectivity index (χ1) is 13.5. The van der Waals surface area contributed by atoms with E-state index < -0.39 is 53.8 Å². The molecule has 0 spiro atoms. The molecule has 4 unspecified atom stereocenters. The van der Waals surface area contributed by atoms with E-state index in [4.69, 9.17) is 17.2 Å². The van der Waals surface area contributed by atoms with Crippen molar-refractivity contribution in [3.8, 4) is 0 Å². The fourth-order valence-electron chi connectivity index (χ4n) is 2.27. The average Bonchev–Trinajstić information content (AvgIpc) is 2.64. The molecule has 0 aliphatic heterocycles. The van der Waals surface area contributed by atoms with Crippen molar-refractivity contribution >= 4 is 29.6 Å². The summed E-state index contributed by atoms with van der Waals surface area (Å²) in [6.07, 6.45) is 1.35. The third-order valence-corrected chi connectivity index (χ3v) is 4.10. The van der Waals surface area contributed by atoms with Crippen LogP contribution in [0.2, 0.25) is 0 Å². The zero-order valence-electron chi connectivity index (χ0n) is 16.8. The van der Waals surface area contributed by atoms with Crippen LogP contribution in [0.3, 0.4) is 0 Å². The van der Waals surface area contributed by atoms with Crippen molar-refractivity contribution in [2.75, 3.05) is 6.54 Å². The number of carbonyl (C=O) groups excluding carboxylic acids is 4. The van der Waals surface area contributed by atoms with Crippen LogP contribution in [-0.4, -0.2) is 65.4 Å². The van der Waals surface area contributed by atoms with Crippen molar-refractivity contribution in [2.45, 2.75) is 70.1 Å². The molecule has 0 aliphatic carbocycles. The molecular formula is C17H32N6O6. The van der Waals surface area contributed by atoms with Gasteiger partial charge in [0.2, 0.25) is 23.6 Å². The molecule has 0 heterocycles. The number of nitrogens with two attached hydrogens (primary N) is 3. The van der Waals surface area contributed by atoms with Gasteiger partial charge in [0.25, 0.3) is 0 Å². The average molecular weight is 416 g/mol. The number of amides is 4. The summed E-state index contributed by atoms with van der Waals surface area (Å²) >= 11 is 0. The number of unbranched alkanes of at least 4 members (excludes halogenated alkanes) is 1. The van der Waals surface area contributed by atoms with Crippen LogP contribution in [0.25, 0.3) is 0 Å². The van der Waals surface area contributed by atoms with Crippen LogP contribution in [-0.2, 0) is 24.0 Å². The van der Waals surface area contributed by atoms with E-state index in [1.165, 1.54) is 13.8 Å². The summed E-state index contributed by atoms with van der Waals surface area (Å²) in [5, 5.41) is 16.3. The second-order valence-electron chi connectivity index (χ2n) is 6.76. The summed E-state index contributed by atoms with van der Waals surface area (Å²) in [5.41, 5.74) is 16.0. The van der Waals surface area contributed by atoms with Gasteiger partial charge in [-0.05, 0) is 46.1 Å². The van der Waals surface area contributed by atoms with Crippen LogP contribution in [0.4, 0.5) is 0 Å². The van der Waals surface area contributed by atoms with Gasteiger partial charge < -0.3 is 38.3 Å². The Bertz CT molecular complexity index is 599. The molecule has 0 fully saturated rings. The minimum Gasteiger partial charge on any atom is -0.480 e. The zero-order valence-corrected chi connectivity index (χ0v) is 16.8. The van der Waals surface area contributed by atoms with Gasteiger partial charge in [0.1, 0.15) is 18.1 Å². The number of primary amides is 1. The summed E-state index contributed by atoms with van der Waals surface area (Å²) in [5.74, 6) is -3.74. The van der Waals surface area contributed by atoms with E-state index in [0.717, 1.165) is 0 Å². The van der Waals surface area contributed by atoms with Crippen LogP contribution in [0, 0.1) is 0 Å². The predicted molar refractivity (Wildman–Crippen MR) is 104 cm³/mol. The van der Waals surface area contributed by atoms with Crippen molar-refractivity contribution in [3.05, 3.63) is 0 Å². The Hall–Kier alpha value is -2.73. The molecule has 0 bridgehead atoms. The fraction of sp³-hybridized carbons (Fsp3) is 0.706. The van der Waals surface area contributed by atoms with Gasteiger partial charge in [0, 0.05) is 6.42 Å². The quantitative estimate of drug-likeness (QED) is 0.147. The van der Waals surface area contributed by atoms with Crippen molar-refractivity contribution in [1.82, 2.24) is 16.0 Å². The van der Waals surface area contributed by atoms with E-state index in [9.17, 15) is 29.1 Å². The number of aliphatic carboxylic acids is 1. The Labute approximate surface area is 169 Å². The molecule has 0 aromatic rings. The van der Waals surface area contributed by atoms with Crippen LogP contribution in [0.15, 0.2) is 0 Å². The maximum Gasteiger partial charge on any atom is 0.326 e. The van der Waals surface area contributed by atoms with Gasteiger partial charge in [-0.2, -0.15) is 0 Å². The summed E-state index contributed by atoms with van der Waals surface area (Å²) in [6, 6.07) is -4.13. The van der Waals surface area contributed by atoms with Gasteiger partial charge in [-0.3, -0.25) is 19.2 Å². The number of carboxylic acid groups (broad SMARTS) is 1. The molecule has 4 atom stereocenters. The maximum absolute atomic E-state index is 12.2. The molecule has 0 aromatic carbocycles. The maximum atomic E-state index is 12.2. The molecule has 4 amide bonds. The van der Waals surface area contributed by atoms with Crippen molar-refractivity contribution < 1.29 is 29.1 Å². The van der Waals surface area contributed by atoms with Crippen molar-refractivity contribution in [3.63, 3.8) is 0 Å². The molecule has 0 saturated carbocycles. The second-order valence-corrected chi connectivity index (χ2v) is 6.76. The predicted octanol–water partition coefficient (Wildman–Crippen LogP) is -2.71. The first-order valence-corrected chi connectivity index (χ1v) is 9.37. The molecule has 0 saturated heterocycles. The highest BCUT2D eigenvalue weighted by atomic mass is 16.4. The van der Waals surface area contributed by atoms with E-state index in [-0.39, 0.29) is 19.3 Å². The molecule has 10 N–H and O–H groups in total. The number of rotatable bonds is 14. The minimum atomic E-state index is -1.18. The summed E-state index contributed by atoms with van der Waals surface area (Å²) in [6.45, 7) is 3.20. The van der Waals surface area contributed by atoms with Gasteiger partial charge in [-0.1, -0.05) is 0 Å². The molecule has 0 aliphatic rings. The number of carbonyl (C=O) groups is 5. The minimum absolute atomic E-state index is 0.0368. The molecule has 0 radical (unpaired) electrons. The lowest BCUT2D eigenvalue weighted by atomic mass is 10.1. The van der Waals surface area contributed by atoms with Crippen LogP contribution in [0.5, 0.6) is 0 Å². The topological polar surface area (TPSA) is 220 Å². The van der Waals surface area contributed by atoms with Gasteiger partial charge in [0.15, 0.2) is 0 Å². The Morgan fingerprint density at radius 2 is 1.38 bits per heavy atom. The Morgan fingerprint density at radius 3 is 1.86 bits per heavy atom. The molecule has 12 heteroatoms. The van der Waals surface area contributed by atoms with Gasteiger partial charge in [-0.15, -0.1) is 0 Å². The van der Waals surface area contributed by atoms with Gasteiger partial charge >= 0.3 is 5.97 Å². The molecule has 12 nitrogen and oxygen atoms in total. The first kappa shape index (κ1) is 26.3. The summed E-state index contributed by atoms with van der Waals surface area (Å²) < 4.78 is 0. The lowest BCUT2D eigenvalue weighted by Crippen LogP contribution is -2.55. The number of carboxylic acids is 1. The molecule has 166 valence electrons. The largest absolute Gasteiger partial charge is 0.480 e. The Kier molecular flexibility index (Phi) is 12.2.